The second kappa shape index (κ2) is 7.91. The Kier molecular flexibility index (Phi) is 5.61. The molecular formula is C20H28N4O2. The first-order chi connectivity index (χ1) is 12.5. The van der Waals surface area contributed by atoms with Gasteiger partial charge in [-0.1, -0.05) is 18.7 Å². The largest absolute Gasteiger partial charge is 0.367 e. The fourth-order valence-corrected chi connectivity index (χ4v) is 3.84. The standard InChI is InChI=1S/C20H28N4O2/c1-4-19(25)24-15(2)9-10-18(24)20(26)21-16-7-5-6-8-17(16)23-13-11-22(3)12-14-23/h4-8,15,18H,1,9-14H2,2-3H3,(H,21,26)/t15-,18-/m0/s1. The van der Waals surface area contributed by atoms with E-state index in [1.54, 1.807) is 4.90 Å². The Morgan fingerprint density at radius 3 is 2.54 bits per heavy atom. The maximum Gasteiger partial charge on any atom is 0.247 e. The average Bonchev–Trinajstić information content (AvgIpc) is 3.04. The number of nitrogens with zero attached hydrogens (tertiary/aromatic N) is 3. The van der Waals surface area contributed by atoms with Crippen LogP contribution in [-0.2, 0) is 9.59 Å². The lowest BCUT2D eigenvalue weighted by molar-refractivity contribution is -0.134. The van der Waals surface area contributed by atoms with Gasteiger partial charge in [-0.3, -0.25) is 9.59 Å². The highest BCUT2D eigenvalue weighted by Crippen LogP contribution is 2.29. The number of rotatable bonds is 4. The zero-order chi connectivity index (χ0) is 18.7. The van der Waals surface area contributed by atoms with Gasteiger partial charge in [0.25, 0.3) is 0 Å². The minimum atomic E-state index is -0.434. The average molecular weight is 356 g/mol. The Morgan fingerprint density at radius 1 is 1.15 bits per heavy atom. The number of piperazine rings is 1. The third-order valence-electron chi connectivity index (χ3n) is 5.41. The highest BCUT2D eigenvalue weighted by molar-refractivity contribution is 6.01. The molecular weight excluding hydrogens is 328 g/mol. The van der Waals surface area contributed by atoms with Crippen LogP contribution in [0.5, 0.6) is 0 Å². The Balaban J connectivity index is 1.75. The Bertz CT molecular complexity index is 682. The molecule has 2 heterocycles. The Morgan fingerprint density at radius 2 is 1.85 bits per heavy atom. The van der Waals surface area contributed by atoms with E-state index in [4.69, 9.17) is 0 Å². The summed E-state index contributed by atoms with van der Waals surface area (Å²) in [6.07, 6.45) is 2.81. The van der Waals surface area contributed by atoms with Crippen molar-refractivity contribution in [1.82, 2.24) is 9.80 Å². The monoisotopic (exact) mass is 356 g/mol. The van der Waals surface area contributed by atoms with Crippen molar-refractivity contribution in [1.29, 1.82) is 0 Å². The normalized spacial score (nSPS) is 23.8. The molecule has 0 unspecified atom stereocenters. The summed E-state index contributed by atoms with van der Waals surface area (Å²) in [6.45, 7) is 9.42. The second-order valence-corrected chi connectivity index (χ2v) is 7.19. The van der Waals surface area contributed by atoms with Gasteiger partial charge in [0.15, 0.2) is 0 Å². The van der Waals surface area contributed by atoms with E-state index in [1.807, 2.05) is 31.2 Å². The number of benzene rings is 1. The van der Waals surface area contributed by atoms with E-state index in [9.17, 15) is 9.59 Å². The third kappa shape index (κ3) is 3.75. The molecule has 2 aliphatic heterocycles. The van der Waals surface area contributed by atoms with Gasteiger partial charge < -0.3 is 20.0 Å². The van der Waals surface area contributed by atoms with Crippen LogP contribution in [0.1, 0.15) is 19.8 Å². The van der Waals surface area contributed by atoms with Crippen LogP contribution in [0.3, 0.4) is 0 Å². The van der Waals surface area contributed by atoms with Gasteiger partial charge in [-0.25, -0.2) is 0 Å². The van der Waals surface area contributed by atoms with Gasteiger partial charge in [-0.2, -0.15) is 0 Å². The van der Waals surface area contributed by atoms with E-state index in [2.05, 4.69) is 28.7 Å². The van der Waals surface area contributed by atoms with Crippen molar-refractivity contribution in [3.63, 3.8) is 0 Å². The number of carbonyl (C=O) groups is 2. The second-order valence-electron chi connectivity index (χ2n) is 7.19. The summed E-state index contributed by atoms with van der Waals surface area (Å²) in [4.78, 5) is 31.3. The molecule has 2 aliphatic rings. The molecule has 2 fully saturated rings. The summed E-state index contributed by atoms with van der Waals surface area (Å²) < 4.78 is 0. The van der Waals surface area contributed by atoms with Gasteiger partial charge in [-0.05, 0) is 45.0 Å². The van der Waals surface area contributed by atoms with Crippen LogP contribution >= 0.6 is 0 Å². The maximum atomic E-state index is 12.9. The molecule has 1 aromatic rings. The van der Waals surface area contributed by atoms with Crippen molar-refractivity contribution in [3.05, 3.63) is 36.9 Å². The number of likely N-dealkylation sites (N-methyl/N-ethyl adjacent to an activating group) is 1. The van der Waals surface area contributed by atoms with Crippen LogP contribution in [0.4, 0.5) is 11.4 Å². The molecule has 26 heavy (non-hydrogen) atoms. The molecule has 0 spiro atoms. The van der Waals surface area contributed by atoms with Crippen LogP contribution in [0, 0.1) is 0 Å². The molecule has 0 bridgehead atoms. The minimum absolute atomic E-state index is 0.0594. The molecule has 0 aromatic heterocycles. The summed E-state index contributed by atoms with van der Waals surface area (Å²) in [5, 5.41) is 3.07. The molecule has 6 heteroatoms. The van der Waals surface area contributed by atoms with Crippen molar-refractivity contribution >= 4 is 23.2 Å². The Labute approximate surface area is 155 Å². The number of para-hydroxylation sites is 2. The minimum Gasteiger partial charge on any atom is -0.367 e. The van der Waals surface area contributed by atoms with Crippen molar-refractivity contribution in [2.24, 2.45) is 0 Å². The number of likely N-dealkylation sites (tertiary alicyclic amines) is 1. The number of hydrogen-bond acceptors (Lipinski definition) is 4. The molecule has 2 amide bonds. The molecule has 140 valence electrons. The molecule has 2 atom stereocenters. The lowest BCUT2D eigenvalue weighted by Gasteiger charge is -2.35. The molecule has 6 nitrogen and oxygen atoms in total. The molecule has 0 radical (unpaired) electrons. The van der Waals surface area contributed by atoms with Gasteiger partial charge in [0.05, 0.1) is 11.4 Å². The first-order valence-corrected chi connectivity index (χ1v) is 9.29. The summed E-state index contributed by atoms with van der Waals surface area (Å²) in [6, 6.07) is 7.53. The van der Waals surface area contributed by atoms with E-state index in [1.165, 1.54) is 6.08 Å². The molecule has 1 N–H and O–H groups in total. The van der Waals surface area contributed by atoms with Gasteiger partial charge in [0.2, 0.25) is 11.8 Å². The lowest BCUT2D eigenvalue weighted by Crippen LogP contribution is -2.46. The van der Waals surface area contributed by atoms with Crippen LogP contribution in [-0.4, -0.2) is 66.9 Å². The molecule has 1 aromatic carbocycles. The number of anilines is 2. The van der Waals surface area contributed by atoms with Crippen molar-refractivity contribution in [2.45, 2.75) is 31.8 Å². The first kappa shape index (κ1) is 18.5. The predicted molar refractivity (Wildman–Crippen MR) is 104 cm³/mol. The Hall–Kier alpha value is -2.34. The molecule has 2 saturated heterocycles. The number of carbonyl (C=O) groups excluding carboxylic acids is 2. The molecule has 0 aliphatic carbocycles. The molecule has 3 rings (SSSR count). The van der Waals surface area contributed by atoms with Crippen molar-refractivity contribution < 1.29 is 9.59 Å². The highest BCUT2D eigenvalue weighted by atomic mass is 16.2. The maximum absolute atomic E-state index is 12.9. The van der Waals surface area contributed by atoms with Crippen molar-refractivity contribution in [3.8, 4) is 0 Å². The van der Waals surface area contributed by atoms with E-state index >= 15 is 0 Å². The summed E-state index contributed by atoms with van der Waals surface area (Å²) >= 11 is 0. The van der Waals surface area contributed by atoms with Gasteiger partial charge in [0.1, 0.15) is 6.04 Å². The quantitative estimate of drug-likeness (QED) is 0.838. The number of hydrogen-bond donors (Lipinski definition) is 1. The van der Waals surface area contributed by atoms with Crippen LogP contribution in [0.25, 0.3) is 0 Å². The van der Waals surface area contributed by atoms with Crippen LogP contribution in [0.15, 0.2) is 36.9 Å². The van der Waals surface area contributed by atoms with E-state index in [0.717, 1.165) is 44.0 Å². The smallest absolute Gasteiger partial charge is 0.247 e. The summed E-state index contributed by atoms with van der Waals surface area (Å²) in [7, 11) is 2.12. The fourth-order valence-electron chi connectivity index (χ4n) is 3.84. The number of nitrogens with one attached hydrogen (secondary N) is 1. The summed E-state index contributed by atoms with van der Waals surface area (Å²) in [5.74, 6) is -0.298. The van der Waals surface area contributed by atoms with Crippen molar-refractivity contribution in [2.75, 3.05) is 43.4 Å². The zero-order valence-corrected chi connectivity index (χ0v) is 15.6. The molecule has 0 saturated carbocycles. The predicted octanol–water partition coefficient (Wildman–Crippen LogP) is 1.94. The van der Waals surface area contributed by atoms with Crippen LogP contribution < -0.4 is 10.2 Å². The SMILES string of the molecule is C=CC(=O)N1[C@@H](C)CC[C@H]1C(=O)Nc1ccccc1N1CCN(C)CC1. The van der Waals surface area contributed by atoms with E-state index in [0.29, 0.717) is 6.42 Å². The fraction of sp³-hybridized carbons (Fsp3) is 0.500. The lowest BCUT2D eigenvalue weighted by atomic mass is 10.1. The van der Waals surface area contributed by atoms with E-state index < -0.39 is 6.04 Å². The first-order valence-electron chi connectivity index (χ1n) is 9.29. The van der Waals surface area contributed by atoms with E-state index in [-0.39, 0.29) is 17.9 Å². The van der Waals surface area contributed by atoms with Crippen LogP contribution in [0.2, 0.25) is 0 Å². The zero-order valence-electron chi connectivity index (χ0n) is 15.6. The third-order valence-corrected chi connectivity index (χ3v) is 5.41. The highest BCUT2D eigenvalue weighted by Gasteiger charge is 2.38. The topological polar surface area (TPSA) is 55.9 Å². The summed E-state index contributed by atoms with van der Waals surface area (Å²) in [5.41, 5.74) is 1.86. The van der Waals surface area contributed by atoms with Gasteiger partial charge in [-0.15, -0.1) is 0 Å². The van der Waals surface area contributed by atoms with Gasteiger partial charge >= 0.3 is 0 Å². The number of amides is 2. The van der Waals surface area contributed by atoms with Gasteiger partial charge in [0, 0.05) is 32.2 Å².